The Morgan fingerprint density at radius 3 is 2.29 bits per heavy atom. The number of hydrogen-bond donors (Lipinski definition) is 2. The van der Waals surface area contributed by atoms with Crippen molar-refractivity contribution in [3.05, 3.63) is 59.2 Å². The van der Waals surface area contributed by atoms with E-state index in [1.54, 1.807) is 18.6 Å². The lowest BCUT2D eigenvalue weighted by molar-refractivity contribution is -0.123. The minimum absolute atomic E-state index is 0.0139. The molecule has 3 aliphatic carbocycles. The summed E-state index contributed by atoms with van der Waals surface area (Å²) >= 11 is 0. The Bertz CT molecular complexity index is 2270. The Kier molecular flexibility index (Phi) is 8.00. The second-order valence-electron chi connectivity index (χ2n) is 17.7. The van der Waals surface area contributed by atoms with E-state index in [1.807, 2.05) is 43.2 Å². The lowest BCUT2D eigenvalue weighted by Gasteiger charge is -2.54. The Labute approximate surface area is 317 Å². The first-order chi connectivity index (χ1) is 26.0. The van der Waals surface area contributed by atoms with Crippen LogP contribution in [-0.4, -0.2) is 72.9 Å². The van der Waals surface area contributed by atoms with Crippen LogP contribution in [0.25, 0.3) is 22.3 Å². The zero-order valence-electron chi connectivity index (χ0n) is 31.9. The molecule has 1 aromatic carbocycles. The molecule has 5 aliphatic rings. The summed E-state index contributed by atoms with van der Waals surface area (Å²) in [6, 6.07) is 4.80. The van der Waals surface area contributed by atoms with E-state index in [0.29, 0.717) is 28.0 Å². The van der Waals surface area contributed by atoms with E-state index in [2.05, 4.69) is 27.4 Å². The molecule has 2 aliphatic heterocycles. The van der Waals surface area contributed by atoms with Crippen molar-refractivity contribution in [1.82, 2.24) is 29.7 Å². The SMILES string of the molecule is Cc1c(C(=O)NC2(C(F)F)CC2)cc(Nc2nc(-c3cnc4c(c3)N([C@H]3C[C@@](C)(N5CC6CCC6C5)C3)C(=O)C4(C)C)cc3ncn(C(C)C)c23)c(F)c1F. The summed E-state index contributed by atoms with van der Waals surface area (Å²) in [5.74, 6) is -1.67. The number of nitrogens with one attached hydrogen (secondary N) is 2. The molecule has 55 heavy (non-hydrogen) atoms. The van der Waals surface area contributed by atoms with Gasteiger partial charge in [0.25, 0.3) is 12.3 Å². The fourth-order valence-corrected chi connectivity index (χ4v) is 9.41. The van der Waals surface area contributed by atoms with Crippen LogP contribution >= 0.6 is 0 Å². The molecule has 2 amide bonds. The van der Waals surface area contributed by atoms with Crippen molar-refractivity contribution in [1.29, 1.82) is 0 Å². The van der Waals surface area contributed by atoms with Gasteiger partial charge in [-0.05, 0) is 110 Å². The number of carbonyl (C=O) groups is 2. The third-order valence-corrected chi connectivity index (χ3v) is 13.4. The van der Waals surface area contributed by atoms with E-state index < -0.39 is 34.9 Å². The molecule has 2 unspecified atom stereocenters. The van der Waals surface area contributed by atoms with E-state index in [9.17, 15) is 18.4 Å². The number of amides is 2. The molecule has 0 radical (unpaired) electrons. The number of carbonyl (C=O) groups excluding carboxylic acids is 2. The van der Waals surface area contributed by atoms with Crippen LogP contribution in [0.3, 0.4) is 0 Å². The molecule has 4 fully saturated rings. The first-order valence-corrected chi connectivity index (χ1v) is 19.3. The smallest absolute Gasteiger partial charge is 0.261 e. The molecule has 4 aromatic rings. The molecule has 2 N–H and O–H groups in total. The number of hydrogen-bond acceptors (Lipinski definition) is 7. The zero-order valence-corrected chi connectivity index (χ0v) is 31.9. The van der Waals surface area contributed by atoms with Gasteiger partial charge in [-0.25, -0.2) is 27.5 Å². The predicted octanol–water partition coefficient (Wildman–Crippen LogP) is 7.82. The quantitative estimate of drug-likeness (QED) is 0.168. The fraction of sp³-hybridized carbons (Fsp3) is 0.537. The van der Waals surface area contributed by atoms with E-state index in [0.717, 1.165) is 49.5 Å². The second-order valence-corrected chi connectivity index (χ2v) is 17.7. The number of fused-ring (bicyclic) bond motifs is 3. The normalized spacial score (nSPS) is 26.3. The van der Waals surface area contributed by atoms with E-state index in [-0.39, 0.29) is 59.0 Å². The van der Waals surface area contributed by atoms with Crippen LogP contribution in [0.5, 0.6) is 0 Å². The molecule has 290 valence electrons. The molecular formula is C41H46F4N8O2. The topological polar surface area (TPSA) is 108 Å². The van der Waals surface area contributed by atoms with Gasteiger partial charge in [-0.2, -0.15) is 0 Å². The van der Waals surface area contributed by atoms with Crippen LogP contribution in [0.2, 0.25) is 0 Å². The third-order valence-electron chi connectivity index (χ3n) is 13.4. The van der Waals surface area contributed by atoms with Gasteiger partial charge in [-0.3, -0.25) is 19.5 Å². The van der Waals surface area contributed by atoms with E-state index in [1.165, 1.54) is 19.8 Å². The molecule has 3 aromatic heterocycles. The molecule has 1 saturated heterocycles. The molecule has 0 spiro atoms. The maximum atomic E-state index is 15.7. The maximum absolute atomic E-state index is 15.7. The number of anilines is 3. The monoisotopic (exact) mass is 758 g/mol. The van der Waals surface area contributed by atoms with Crippen molar-refractivity contribution in [3.8, 4) is 11.3 Å². The zero-order chi connectivity index (χ0) is 38.9. The fourth-order valence-electron chi connectivity index (χ4n) is 9.41. The van der Waals surface area contributed by atoms with Gasteiger partial charge < -0.3 is 20.1 Å². The molecule has 14 heteroatoms. The van der Waals surface area contributed by atoms with Crippen molar-refractivity contribution in [2.45, 2.75) is 115 Å². The highest BCUT2D eigenvalue weighted by Gasteiger charge is 2.57. The second kappa shape index (κ2) is 12.2. The highest BCUT2D eigenvalue weighted by Crippen LogP contribution is 2.52. The summed E-state index contributed by atoms with van der Waals surface area (Å²) in [5.41, 5.74) is 0.113. The standard InChI is InChI=1S/C41H46F4N8O2/c1-20(2)52-19-47-29-13-27(48-35(33(29)52)49-28-12-26(21(3)31(42)32(28)43)36(54)50-41(9-10-41)37(44)45)24-11-30-34(46-16-24)39(4,5)38(55)53(30)25-14-40(6,15-25)51-17-22-7-8-23(22)18-51/h11-13,16,19-20,22-23,25,37H,7-10,14-15,17-18H2,1-6H3,(H,48,49)(H,50,54)/t22?,23?,25-,40+. The van der Waals surface area contributed by atoms with Crippen LogP contribution in [0.4, 0.5) is 34.8 Å². The van der Waals surface area contributed by atoms with E-state index >= 15 is 8.78 Å². The van der Waals surface area contributed by atoms with E-state index in [4.69, 9.17) is 9.97 Å². The molecule has 3 saturated carbocycles. The van der Waals surface area contributed by atoms with Gasteiger partial charge in [0.05, 0.1) is 40.0 Å². The molecule has 0 bridgehead atoms. The van der Waals surface area contributed by atoms with Crippen LogP contribution in [0, 0.1) is 30.4 Å². The number of rotatable bonds is 9. The van der Waals surface area contributed by atoms with Gasteiger partial charge in [0, 0.05) is 53.6 Å². The van der Waals surface area contributed by atoms with Gasteiger partial charge in [0.15, 0.2) is 17.5 Å². The average Bonchev–Trinajstić information content (AvgIpc) is 3.60. The van der Waals surface area contributed by atoms with Crippen LogP contribution in [-0.2, 0) is 10.2 Å². The number of halogens is 4. The number of imidazole rings is 1. The largest absolute Gasteiger partial charge is 0.341 e. The summed E-state index contributed by atoms with van der Waals surface area (Å²) in [6.07, 6.45) is 5.10. The number of pyridine rings is 2. The average molecular weight is 759 g/mol. The number of alkyl halides is 2. The number of benzene rings is 1. The molecule has 10 nitrogen and oxygen atoms in total. The van der Waals surface area contributed by atoms with Crippen LogP contribution in [0.1, 0.15) is 101 Å². The van der Waals surface area contributed by atoms with Gasteiger partial charge >= 0.3 is 0 Å². The van der Waals surface area contributed by atoms with Gasteiger partial charge in [-0.1, -0.05) is 0 Å². The molecular weight excluding hydrogens is 712 g/mol. The van der Waals surface area contributed by atoms with Crippen molar-refractivity contribution < 1.29 is 27.2 Å². The summed E-state index contributed by atoms with van der Waals surface area (Å²) < 4.78 is 60.3. The van der Waals surface area contributed by atoms with Crippen molar-refractivity contribution >= 4 is 40.0 Å². The maximum Gasteiger partial charge on any atom is 0.261 e. The number of aromatic nitrogens is 4. The van der Waals surface area contributed by atoms with Crippen LogP contribution in [0.15, 0.2) is 30.7 Å². The lowest BCUT2D eigenvalue weighted by Crippen LogP contribution is -2.62. The Morgan fingerprint density at radius 1 is 0.982 bits per heavy atom. The third kappa shape index (κ3) is 5.48. The van der Waals surface area contributed by atoms with Crippen LogP contribution < -0.4 is 15.5 Å². The number of likely N-dealkylation sites (tertiary alicyclic amines) is 1. The Hall–Kier alpha value is -4.59. The van der Waals surface area contributed by atoms with Gasteiger partial charge in [0.2, 0.25) is 5.91 Å². The Morgan fingerprint density at radius 2 is 1.67 bits per heavy atom. The summed E-state index contributed by atoms with van der Waals surface area (Å²) in [6.45, 7) is 13.5. The highest BCUT2D eigenvalue weighted by atomic mass is 19.3. The summed E-state index contributed by atoms with van der Waals surface area (Å²) in [5, 5.41) is 5.27. The minimum Gasteiger partial charge on any atom is -0.341 e. The van der Waals surface area contributed by atoms with Crippen molar-refractivity contribution in [2.24, 2.45) is 11.8 Å². The molecule has 2 atom stereocenters. The van der Waals surface area contributed by atoms with Crippen molar-refractivity contribution in [2.75, 3.05) is 23.3 Å². The van der Waals surface area contributed by atoms with Gasteiger partial charge in [0.1, 0.15) is 11.1 Å². The summed E-state index contributed by atoms with van der Waals surface area (Å²) in [4.78, 5) is 46.3. The first kappa shape index (κ1) is 36.1. The lowest BCUT2D eigenvalue weighted by atomic mass is 9.72. The Balaban J connectivity index is 1.08. The number of nitrogens with zero attached hydrogens (tertiary/aromatic N) is 6. The van der Waals surface area contributed by atoms with Crippen molar-refractivity contribution in [3.63, 3.8) is 0 Å². The minimum atomic E-state index is -2.79. The first-order valence-electron chi connectivity index (χ1n) is 19.3. The highest BCUT2D eigenvalue weighted by molar-refractivity contribution is 6.08. The summed E-state index contributed by atoms with van der Waals surface area (Å²) in [7, 11) is 0. The predicted molar refractivity (Wildman–Crippen MR) is 201 cm³/mol. The molecule has 5 heterocycles. The van der Waals surface area contributed by atoms with Gasteiger partial charge in [-0.15, -0.1) is 0 Å². The molecule has 9 rings (SSSR count).